The Kier molecular flexibility index (Phi) is 3.60. The Morgan fingerprint density at radius 3 is 2.71 bits per heavy atom. The topological polar surface area (TPSA) is 49.4 Å². The van der Waals surface area contributed by atoms with Crippen LogP contribution in [0.25, 0.3) is 0 Å². The van der Waals surface area contributed by atoms with Gasteiger partial charge in [0.2, 0.25) is 11.8 Å². The summed E-state index contributed by atoms with van der Waals surface area (Å²) in [5.74, 6) is 0.632. The summed E-state index contributed by atoms with van der Waals surface area (Å²) in [6.45, 7) is 0. The number of rotatable bonds is 3. The van der Waals surface area contributed by atoms with E-state index in [0.29, 0.717) is 12.3 Å². The molecule has 1 aliphatic heterocycles. The lowest BCUT2D eigenvalue weighted by Crippen LogP contribution is -2.31. The molecular weight excluding hydrogens is 300 g/mol. The predicted octanol–water partition coefficient (Wildman–Crippen LogP) is 3.34. The second kappa shape index (κ2) is 5.78. The van der Waals surface area contributed by atoms with E-state index in [2.05, 4.69) is 17.4 Å². The molecule has 0 saturated heterocycles. The largest absolute Gasteiger partial charge is 0.326 e. The van der Waals surface area contributed by atoms with Crippen LogP contribution >= 0.6 is 0 Å². The van der Waals surface area contributed by atoms with Crippen LogP contribution in [0.2, 0.25) is 0 Å². The minimum atomic E-state index is 0.0627. The highest BCUT2D eigenvalue weighted by Crippen LogP contribution is 2.48. The van der Waals surface area contributed by atoms with Crippen molar-refractivity contribution in [3.63, 3.8) is 0 Å². The van der Waals surface area contributed by atoms with Crippen molar-refractivity contribution in [3.8, 4) is 0 Å². The fraction of sp³-hybridized carbons (Fsp3) is 0.300. The van der Waals surface area contributed by atoms with Gasteiger partial charge in [0.15, 0.2) is 0 Å². The molecule has 1 fully saturated rings. The van der Waals surface area contributed by atoms with E-state index in [9.17, 15) is 9.59 Å². The molecule has 4 nitrogen and oxygen atoms in total. The van der Waals surface area contributed by atoms with E-state index in [-0.39, 0.29) is 17.7 Å². The lowest BCUT2D eigenvalue weighted by atomic mass is 10.0. The van der Waals surface area contributed by atoms with Crippen LogP contribution in [0.5, 0.6) is 0 Å². The summed E-state index contributed by atoms with van der Waals surface area (Å²) in [4.78, 5) is 25.9. The van der Waals surface area contributed by atoms with E-state index in [4.69, 9.17) is 0 Å². The molecule has 4 heteroatoms. The molecule has 0 unspecified atom stereocenters. The SMILES string of the molecule is CN1C(=O)CCc2cc(NC(=O)[C@@H]3C[C@H]3c3ccccc3)ccc21. The van der Waals surface area contributed by atoms with E-state index < -0.39 is 0 Å². The van der Waals surface area contributed by atoms with Gasteiger partial charge in [-0.2, -0.15) is 0 Å². The molecule has 24 heavy (non-hydrogen) atoms. The summed E-state index contributed by atoms with van der Waals surface area (Å²) in [6.07, 6.45) is 2.18. The van der Waals surface area contributed by atoms with Crippen molar-refractivity contribution in [3.05, 3.63) is 59.7 Å². The lowest BCUT2D eigenvalue weighted by molar-refractivity contribution is -0.119. The van der Waals surface area contributed by atoms with Crippen molar-refractivity contribution in [2.24, 2.45) is 5.92 Å². The summed E-state index contributed by atoms with van der Waals surface area (Å²) >= 11 is 0. The number of anilines is 2. The number of nitrogens with one attached hydrogen (secondary N) is 1. The zero-order valence-corrected chi connectivity index (χ0v) is 13.7. The van der Waals surface area contributed by atoms with Gasteiger partial charge in [0.1, 0.15) is 0 Å². The fourth-order valence-corrected chi connectivity index (χ4v) is 3.52. The predicted molar refractivity (Wildman–Crippen MR) is 94.1 cm³/mol. The molecule has 2 amide bonds. The minimum Gasteiger partial charge on any atom is -0.326 e. The van der Waals surface area contributed by atoms with Crippen LogP contribution in [0.1, 0.15) is 29.9 Å². The second-order valence-corrected chi connectivity index (χ2v) is 6.64. The van der Waals surface area contributed by atoms with Gasteiger partial charge in [0.05, 0.1) is 0 Å². The molecule has 0 bridgehead atoms. The first-order chi connectivity index (χ1) is 11.6. The Balaban J connectivity index is 1.45. The molecule has 1 N–H and O–H groups in total. The molecule has 0 aromatic heterocycles. The minimum absolute atomic E-state index is 0.0627. The number of aryl methyl sites for hydroxylation is 1. The average molecular weight is 320 g/mol. The quantitative estimate of drug-likeness (QED) is 0.943. The number of carbonyl (C=O) groups is 2. The molecule has 2 aromatic carbocycles. The standard InChI is InChI=1S/C20H20N2O2/c1-22-18-9-8-15(11-14(18)7-10-19(22)23)21-20(24)17-12-16(17)13-5-3-2-4-6-13/h2-6,8-9,11,16-17H,7,10,12H2,1H3,(H,21,24)/t16-,17+/m0/s1. The van der Waals surface area contributed by atoms with Gasteiger partial charge in [0, 0.05) is 30.8 Å². The Labute approximate surface area is 141 Å². The third kappa shape index (κ3) is 2.68. The Morgan fingerprint density at radius 2 is 1.92 bits per heavy atom. The zero-order chi connectivity index (χ0) is 16.7. The molecule has 1 aliphatic carbocycles. The first-order valence-corrected chi connectivity index (χ1v) is 8.39. The summed E-state index contributed by atoms with van der Waals surface area (Å²) in [5.41, 5.74) is 4.12. The van der Waals surface area contributed by atoms with Gasteiger partial charge in [-0.05, 0) is 48.1 Å². The number of fused-ring (bicyclic) bond motifs is 1. The Morgan fingerprint density at radius 1 is 1.12 bits per heavy atom. The van der Waals surface area contributed by atoms with Crippen molar-refractivity contribution in [1.29, 1.82) is 0 Å². The van der Waals surface area contributed by atoms with E-state index in [1.54, 1.807) is 11.9 Å². The van der Waals surface area contributed by atoms with Crippen LogP contribution in [-0.2, 0) is 16.0 Å². The zero-order valence-electron chi connectivity index (χ0n) is 13.7. The van der Waals surface area contributed by atoms with Crippen LogP contribution in [0, 0.1) is 5.92 Å². The fourth-order valence-electron chi connectivity index (χ4n) is 3.52. The number of carbonyl (C=O) groups excluding carboxylic acids is 2. The molecule has 2 atom stereocenters. The van der Waals surface area contributed by atoms with Gasteiger partial charge < -0.3 is 10.2 Å². The molecule has 122 valence electrons. The van der Waals surface area contributed by atoms with Crippen molar-refractivity contribution >= 4 is 23.2 Å². The normalized spacial score (nSPS) is 22.0. The van der Waals surface area contributed by atoms with E-state index >= 15 is 0 Å². The average Bonchev–Trinajstić information content (AvgIpc) is 3.40. The molecular formula is C20H20N2O2. The smallest absolute Gasteiger partial charge is 0.228 e. The first-order valence-electron chi connectivity index (χ1n) is 8.39. The molecule has 4 rings (SSSR count). The van der Waals surface area contributed by atoms with Crippen molar-refractivity contribution in [2.45, 2.75) is 25.2 Å². The van der Waals surface area contributed by atoms with Crippen LogP contribution in [0.15, 0.2) is 48.5 Å². The molecule has 2 aliphatic rings. The number of hydrogen-bond donors (Lipinski definition) is 1. The summed E-state index contributed by atoms with van der Waals surface area (Å²) in [7, 11) is 1.80. The van der Waals surface area contributed by atoms with Crippen molar-refractivity contribution in [1.82, 2.24) is 0 Å². The van der Waals surface area contributed by atoms with E-state index in [1.165, 1.54) is 5.56 Å². The number of nitrogens with zero attached hydrogens (tertiary/aromatic N) is 1. The molecule has 1 heterocycles. The van der Waals surface area contributed by atoms with Gasteiger partial charge in [-0.1, -0.05) is 30.3 Å². The second-order valence-electron chi connectivity index (χ2n) is 6.64. The van der Waals surface area contributed by atoms with Crippen molar-refractivity contribution < 1.29 is 9.59 Å². The highest BCUT2D eigenvalue weighted by Gasteiger charge is 2.43. The van der Waals surface area contributed by atoms with Gasteiger partial charge in [0.25, 0.3) is 0 Å². The highest BCUT2D eigenvalue weighted by atomic mass is 16.2. The third-order valence-electron chi connectivity index (χ3n) is 5.05. The third-order valence-corrected chi connectivity index (χ3v) is 5.05. The maximum absolute atomic E-state index is 12.5. The maximum atomic E-state index is 12.5. The molecule has 0 spiro atoms. The number of hydrogen-bond acceptors (Lipinski definition) is 2. The first kappa shape index (κ1) is 14.9. The van der Waals surface area contributed by atoms with Crippen LogP contribution in [0.3, 0.4) is 0 Å². The monoisotopic (exact) mass is 320 g/mol. The van der Waals surface area contributed by atoms with Crippen LogP contribution in [-0.4, -0.2) is 18.9 Å². The van der Waals surface area contributed by atoms with Gasteiger partial charge in [-0.15, -0.1) is 0 Å². The van der Waals surface area contributed by atoms with Crippen molar-refractivity contribution in [2.75, 3.05) is 17.3 Å². The van der Waals surface area contributed by atoms with Gasteiger partial charge in [-0.25, -0.2) is 0 Å². The van der Waals surface area contributed by atoms with Crippen LogP contribution < -0.4 is 10.2 Å². The number of benzene rings is 2. The maximum Gasteiger partial charge on any atom is 0.228 e. The Bertz CT molecular complexity index is 801. The summed E-state index contributed by atoms with van der Waals surface area (Å²) in [5, 5.41) is 3.04. The van der Waals surface area contributed by atoms with E-state index in [0.717, 1.165) is 29.8 Å². The molecule has 0 radical (unpaired) electrons. The highest BCUT2D eigenvalue weighted by molar-refractivity contribution is 5.98. The lowest BCUT2D eigenvalue weighted by Gasteiger charge is -2.26. The molecule has 1 saturated carbocycles. The van der Waals surface area contributed by atoms with E-state index in [1.807, 2.05) is 36.4 Å². The molecule has 2 aromatic rings. The van der Waals surface area contributed by atoms with Gasteiger partial charge >= 0.3 is 0 Å². The Hall–Kier alpha value is -2.62. The summed E-state index contributed by atoms with van der Waals surface area (Å²) < 4.78 is 0. The van der Waals surface area contributed by atoms with Crippen LogP contribution in [0.4, 0.5) is 11.4 Å². The number of amides is 2. The van der Waals surface area contributed by atoms with Gasteiger partial charge in [-0.3, -0.25) is 9.59 Å². The summed E-state index contributed by atoms with van der Waals surface area (Å²) in [6, 6.07) is 16.0.